The second kappa shape index (κ2) is 4.24. The highest BCUT2D eigenvalue weighted by molar-refractivity contribution is 5.50. The summed E-state index contributed by atoms with van der Waals surface area (Å²) in [5, 5.41) is 4.53. The molecule has 2 N–H and O–H groups in total. The molecule has 0 saturated carbocycles. The molecule has 0 spiro atoms. The van der Waals surface area contributed by atoms with Crippen LogP contribution in [0.15, 0.2) is 18.3 Å². The third-order valence-electron chi connectivity index (χ3n) is 3.85. The lowest BCUT2D eigenvalue weighted by Crippen LogP contribution is -2.48. The van der Waals surface area contributed by atoms with Crippen LogP contribution in [0.25, 0.3) is 5.65 Å². The number of anilines is 1. The van der Waals surface area contributed by atoms with Crippen molar-refractivity contribution in [1.82, 2.24) is 14.6 Å². The highest BCUT2D eigenvalue weighted by Crippen LogP contribution is 2.20. The molecule has 0 radical (unpaired) electrons. The molecule has 5 heteroatoms. The smallest absolute Gasteiger partial charge is 0.245 e. The lowest BCUT2D eigenvalue weighted by Gasteiger charge is -2.34. The van der Waals surface area contributed by atoms with Gasteiger partial charge in [0.1, 0.15) is 0 Å². The standard InChI is InChI=1S/C13H19N5/c1-9-5-7-17(8-11(9)14)13-15-12-10(2)4-3-6-18(12)16-13/h3-4,6,9,11H,5,7-8,14H2,1-2H3. The number of hydrogen-bond donors (Lipinski definition) is 1. The van der Waals surface area contributed by atoms with E-state index in [1.165, 1.54) is 0 Å². The van der Waals surface area contributed by atoms with E-state index in [1.54, 1.807) is 0 Å². The van der Waals surface area contributed by atoms with Crippen LogP contribution in [0.5, 0.6) is 0 Å². The molecular weight excluding hydrogens is 226 g/mol. The molecule has 0 aliphatic carbocycles. The van der Waals surface area contributed by atoms with Gasteiger partial charge in [0.15, 0.2) is 5.65 Å². The molecule has 2 aromatic rings. The molecule has 2 unspecified atom stereocenters. The van der Waals surface area contributed by atoms with Gasteiger partial charge in [-0.15, -0.1) is 5.10 Å². The van der Waals surface area contributed by atoms with Crippen molar-refractivity contribution in [2.24, 2.45) is 11.7 Å². The fraction of sp³-hybridized carbons (Fsp3) is 0.538. The van der Waals surface area contributed by atoms with Gasteiger partial charge in [-0.25, -0.2) is 4.52 Å². The Labute approximate surface area is 107 Å². The summed E-state index contributed by atoms with van der Waals surface area (Å²) in [5.41, 5.74) is 8.20. The van der Waals surface area contributed by atoms with Crippen LogP contribution in [0.2, 0.25) is 0 Å². The fourth-order valence-corrected chi connectivity index (χ4v) is 2.44. The van der Waals surface area contributed by atoms with Gasteiger partial charge >= 0.3 is 0 Å². The minimum absolute atomic E-state index is 0.214. The number of aryl methyl sites for hydroxylation is 1. The van der Waals surface area contributed by atoms with Gasteiger partial charge in [0.05, 0.1) is 0 Å². The van der Waals surface area contributed by atoms with Gasteiger partial charge in [0.25, 0.3) is 0 Å². The van der Waals surface area contributed by atoms with Gasteiger partial charge in [-0.05, 0) is 30.9 Å². The van der Waals surface area contributed by atoms with Crippen molar-refractivity contribution in [2.45, 2.75) is 26.3 Å². The van der Waals surface area contributed by atoms with Crippen molar-refractivity contribution in [3.63, 3.8) is 0 Å². The first-order chi connectivity index (χ1) is 8.65. The number of nitrogens with two attached hydrogens (primary N) is 1. The predicted octanol–water partition coefficient (Wildman–Crippen LogP) is 1.21. The first-order valence-corrected chi connectivity index (χ1v) is 6.47. The molecule has 1 aliphatic heterocycles. The Kier molecular flexibility index (Phi) is 2.70. The molecule has 1 aliphatic rings. The van der Waals surface area contributed by atoms with Crippen molar-refractivity contribution in [3.05, 3.63) is 23.9 Å². The van der Waals surface area contributed by atoms with E-state index in [9.17, 15) is 0 Å². The SMILES string of the molecule is Cc1cccn2nc(N3CCC(C)C(N)C3)nc12. The summed E-state index contributed by atoms with van der Waals surface area (Å²) < 4.78 is 1.84. The Bertz CT molecular complexity index is 562. The van der Waals surface area contributed by atoms with Gasteiger partial charge in [0, 0.05) is 25.3 Å². The van der Waals surface area contributed by atoms with E-state index in [0.717, 1.165) is 36.7 Å². The summed E-state index contributed by atoms with van der Waals surface area (Å²) in [6.45, 7) is 6.10. The number of aromatic nitrogens is 3. The lowest BCUT2D eigenvalue weighted by molar-refractivity contribution is 0.376. The van der Waals surface area contributed by atoms with Gasteiger partial charge in [-0.1, -0.05) is 13.0 Å². The van der Waals surface area contributed by atoms with E-state index < -0.39 is 0 Å². The molecule has 2 atom stereocenters. The summed E-state index contributed by atoms with van der Waals surface area (Å²) in [6.07, 6.45) is 3.04. The van der Waals surface area contributed by atoms with Crippen LogP contribution in [0.3, 0.4) is 0 Å². The van der Waals surface area contributed by atoms with E-state index in [0.29, 0.717) is 5.92 Å². The molecule has 1 saturated heterocycles. The highest BCUT2D eigenvalue weighted by Gasteiger charge is 2.25. The van der Waals surface area contributed by atoms with Crippen LogP contribution in [-0.4, -0.2) is 33.7 Å². The monoisotopic (exact) mass is 245 g/mol. The number of pyridine rings is 1. The van der Waals surface area contributed by atoms with Crippen LogP contribution in [0.4, 0.5) is 5.95 Å². The topological polar surface area (TPSA) is 59.5 Å². The maximum Gasteiger partial charge on any atom is 0.245 e. The zero-order valence-electron chi connectivity index (χ0n) is 10.9. The first-order valence-electron chi connectivity index (χ1n) is 6.47. The van der Waals surface area contributed by atoms with Crippen LogP contribution in [0, 0.1) is 12.8 Å². The maximum atomic E-state index is 6.13. The van der Waals surface area contributed by atoms with Crippen LogP contribution >= 0.6 is 0 Å². The Morgan fingerprint density at radius 2 is 2.28 bits per heavy atom. The quantitative estimate of drug-likeness (QED) is 0.820. The molecule has 0 aromatic carbocycles. The van der Waals surface area contributed by atoms with Crippen LogP contribution in [-0.2, 0) is 0 Å². The zero-order chi connectivity index (χ0) is 12.7. The number of fused-ring (bicyclic) bond motifs is 1. The Hall–Kier alpha value is -1.62. The van der Waals surface area contributed by atoms with Gasteiger partial charge in [-0.2, -0.15) is 4.98 Å². The van der Waals surface area contributed by atoms with Crippen molar-refractivity contribution in [1.29, 1.82) is 0 Å². The third kappa shape index (κ3) is 1.84. The zero-order valence-corrected chi connectivity index (χ0v) is 10.9. The van der Waals surface area contributed by atoms with Crippen molar-refractivity contribution in [3.8, 4) is 0 Å². The average Bonchev–Trinajstić information content (AvgIpc) is 2.78. The first kappa shape index (κ1) is 11.5. The van der Waals surface area contributed by atoms with Crippen molar-refractivity contribution >= 4 is 11.6 Å². The van der Waals surface area contributed by atoms with Crippen molar-refractivity contribution < 1.29 is 0 Å². The van der Waals surface area contributed by atoms with Gasteiger partial charge in [-0.3, -0.25) is 0 Å². The number of rotatable bonds is 1. The predicted molar refractivity (Wildman–Crippen MR) is 71.7 cm³/mol. The van der Waals surface area contributed by atoms with E-state index >= 15 is 0 Å². The van der Waals surface area contributed by atoms with E-state index in [2.05, 4.69) is 34.9 Å². The normalized spacial score (nSPS) is 24.7. The minimum atomic E-state index is 0.214. The summed E-state index contributed by atoms with van der Waals surface area (Å²) in [5.74, 6) is 1.38. The second-order valence-electron chi connectivity index (χ2n) is 5.25. The third-order valence-corrected chi connectivity index (χ3v) is 3.85. The number of nitrogens with zero attached hydrogens (tertiary/aromatic N) is 4. The molecule has 3 heterocycles. The minimum Gasteiger partial charge on any atom is -0.338 e. The molecule has 2 aromatic heterocycles. The van der Waals surface area contributed by atoms with Gasteiger partial charge in [0.2, 0.25) is 5.95 Å². The maximum absolute atomic E-state index is 6.13. The van der Waals surface area contributed by atoms with Gasteiger partial charge < -0.3 is 10.6 Å². The summed E-state index contributed by atoms with van der Waals surface area (Å²) in [6, 6.07) is 4.26. The lowest BCUT2D eigenvalue weighted by atomic mass is 9.95. The fourth-order valence-electron chi connectivity index (χ4n) is 2.44. The summed E-state index contributed by atoms with van der Waals surface area (Å²) in [7, 11) is 0. The number of hydrogen-bond acceptors (Lipinski definition) is 4. The molecule has 5 nitrogen and oxygen atoms in total. The largest absolute Gasteiger partial charge is 0.338 e. The Morgan fingerprint density at radius 1 is 1.44 bits per heavy atom. The van der Waals surface area contributed by atoms with Crippen LogP contribution < -0.4 is 10.6 Å². The van der Waals surface area contributed by atoms with Crippen LogP contribution in [0.1, 0.15) is 18.9 Å². The van der Waals surface area contributed by atoms with E-state index in [4.69, 9.17) is 5.73 Å². The average molecular weight is 245 g/mol. The molecular formula is C13H19N5. The Balaban J connectivity index is 1.93. The summed E-state index contributed by atoms with van der Waals surface area (Å²) >= 11 is 0. The molecule has 1 fully saturated rings. The van der Waals surface area contributed by atoms with E-state index in [-0.39, 0.29) is 6.04 Å². The number of piperidine rings is 1. The summed E-state index contributed by atoms with van der Waals surface area (Å²) in [4.78, 5) is 6.81. The highest BCUT2D eigenvalue weighted by atomic mass is 15.4. The molecule has 96 valence electrons. The molecule has 0 bridgehead atoms. The van der Waals surface area contributed by atoms with E-state index in [1.807, 2.05) is 16.8 Å². The molecule has 18 heavy (non-hydrogen) atoms. The molecule has 0 amide bonds. The Morgan fingerprint density at radius 3 is 3.00 bits per heavy atom. The van der Waals surface area contributed by atoms with Crippen molar-refractivity contribution in [2.75, 3.05) is 18.0 Å². The second-order valence-corrected chi connectivity index (χ2v) is 5.25. The molecule has 3 rings (SSSR count).